The van der Waals surface area contributed by atoms with Crippen LogP contribution in [0, 0.1) is 0 Å². The molecule has 0 spiro atoms. The van der Waals surface area contributed by atoms with Crippen molar-refractivity contribution >= 4 is 39.8 Å². The highest BCUT2D eigenvalue weighted by Crippen LogP contribution is 2.29. The Kier molecular flexibility index (Phi) is 4.88. The van der Waals surface area contributed by atoms with Gasteiger partial charge in [-0.25, -0.2) is 0 Å². The summed E-state index contributed by atoms with van der Waals surface area (Å²) in [5, 5.41) is 10.9. The van der Waals surface area contributed by atoms with Gasteiger partial charge in [0, 0.05) is 27.1 Å². The Morgan fingerprint density at radius 1 is 1.11 bits per heavy atom. The molecule has 0 aliphatic heterocycles. The Morgan fingerprint density at radius 2 is 1.93 bits per heavy atom. The van der Waals surface area contributed by atoms with Crippen molar-refractivity contribution in [2.45, 2.75) is 19.3 Å². The van der Waals surface area contributed by atoms with E-state index in [0.717, 1.165) is 39.9 Å². The molecule has 4 nitrogen and oxygen atoms in total. The van der Waals surface area contributed by atoms with Gasteiger partial charge in [0.05, 0.1) is 12.1 Å². The zero-order chi connectivity index (χ0) is 19.7. The lowest BCUT2D eigenvalue weighted by atomic mass is 9.95. The summed E-state index contributed by atoms with van der Waals surface area (Å²) in [6.07, 6.45) is 5.51. The summed E-state index contributed by atoms with van der Waals surface area (Å²) < 4.78 is 0. The number of fused-ring (bicyclic) bond motifs is 1. The summed E-state index contributed by atoms with van der Waals surface area (Å²) in [5.74, 6) is -1.19. The van der Waals surface area contributed by atoms with E-state index in [1.54, 1.807) is 6.07 Å². The summed E-state index contributed by atoms with van der Waals surface area (Å²) in [6.45, 7) is 0. The molecule has 4 rings (SSSR count). The number of benzene rings is 2. The highest BCUT2D eigenvalue weighted by Gasteiger charge is 2.21. The van der Waals surface area contributed by atoms with Crippen molar-refractivity contribution in [3.05, 3.63) is 88.1 Å². The number of para-hydroxylation sites is 1. The number of carboxylic acid groups (broad SMARTS) is 1. The van der Waals surface area contributed by atoms with E-state index in [4.69, 9.17) is 11.6 Å². The van der Waals surface area contributed by atoms with Crippen LogP contribution in [-0.4, -0.2) is 21.8 Å². The maximum Gasteiger partial charge on any atom is 0.307 e. The van der Waals surface area contributed by atoms with E-state index < -0.39 is 5.97 Å². The average Bonchev–Trinajstić information content (AvgIpc) is 3.05. The van der Waals surface area contributed by atoms with Crippen LogP contribution in [0.5, 0.6) is 0 Å². The van der Waals surface area contributed by atoms with Crippen LogP contribution in [-0.2, 0) is 11.2 Å². The van der Waals surface area contributed by atoms with Crippen LogP contribution < -0.4 is 0 Å². The second kappa shape index (κ2) is 7.49. The highest BCUT2D eigenvalue weighted by molar-refractivity contribution is 6.30. The van der Waals surface area contributed by atoms with Crippen LogP contribution >= 0.6 is 11.6 Å². The van der Waals surface area contributed by atoms with Crippen LogP contribution in [0.3, 0.4) is 0 Å². The van der Waals surface area contributed by atoms with Crippen LogP contribution in [0.25, 0.3) is 16.5 Å². The van der Waals surface area contributed by atoms with Gasteiger partial charge in [-0.05, 0) is 42.2 Å². The number of aromatic nitrogens is 1. The number of H-pyrrole nitrogens is 1. The van der Waals surface area contributed by atoms with Gasteiger partial charge in [-0.15, -0.1) is 0 Å². The van der Waals surface area contributed by atoms with Crippen molar-refractivity contribution in [2.75, 3.05) is 0 Å². The smallest absolute Gasteiger partial charge is 0.307 e. The molecule has 0 atom stereocenters. The maximum atomic E-state index is 13.2. The molecule has 0 saturated carbocycles. The van der Waals surface area contributed by atoms with Crippen molar-refractivity contribution in [3.8, 4) is 0 Å². The Morgan fingerprint density at radius 3 is 2.71 bits per heavy atom. The van der Waals surface area contributed by atoms with Crippen molar-refractivity contribution in [2.24, 2.45) is 0 Å². The number of carbonyl (C=O) groups excluding carboxylic acids is 1. The second-order valence-electron chi connectivity index (χ2n) is 6.79. The number of carboxylic acids is 1. The molecular formula is C23H18ClNO3. The predicted octanol–water partition coefficient (Wildman–Crippen LogP) is 5.33. The number of ketones is 1. The van der Waals surface area contributed by atoms with Gasteiger partial charge in [-0.3, -0.25) is 9.59 Å². The molecule has 2 N–H and O–H groups in total. The molecule has 1 aliphatic rings. The van der Waals surface area contributed by atoms with Gasteiger partial charge in [0.15, 0.2) is 0 Å². The molecule has 3 aromatic rings. The normalized spacial score (nSPS) is 13.9. The topological polar surface area (TPSA) is 70.2 Å². The molecule has 0 amide bonds. The summed E-state index contributed by atoms with van der Waals surface area (Å²) in [5.41, 5.74) is 4.01. The fraction of sp³-hybridized carbons (Fsp3) is 0.130. The van der Waals surface area contributed by atoms with Crippen molar-refractivity contribution in [1.82, 2.24) is 4.98 Å². The van der Waals surface area contributed by atoms with Crippen LogP contribution in [0.2, 0.25) is 0 Å². The molecule has 28 heavy (non-hydrogen) atoms. The van der Waals surface area contributed by atoms with Gasteiger partial charge in [0.25, 0.3) is 0 Å². The van der Waals surface area contributed by atoms with Crippen molar-refractivity contribution in [1.29, 1.82) is 0 Å². The molecule has 0 fully saturated rings. The number of halogens is 1. The van der Waals surface area contributed by atoms with Gasteiger partial charge in [-0.1, -0.05) is 54.1 Å². The first-order valence-corrected chi connectivity index (χ1v) is 9.43. The van der Waals surface area contributed by atoms with E-state index in [1.807, 2.05) is 48.5 Å². The molecule has 0 saturated heterocycles. The minimum Gasteiger partial charge on any atom is -0.481 e. The summed E-state index contributed by atoms with van der Waals surface area (Å²) >= 11 is 6.17. The van der Waals surface area contributed by atoms with E-state index in [2.05, 4.69) is 11.1 Å². The number of carbonyl (C=O) groups is 2. The maximum absolute atomic E-state index is 13.2. The zero-order valence-corrected chi connectivity index (χ0v) is 15.8. The Bertz CT molecular complexity index is 1150. The van der Waals surface area contributed by atoms with Crippen LogP contribution in [0.4, 0.5) is 0 Å². The molecular weight excluding hydrogens is 374 g/mol. The third-order valence-corrected chi connectivity index (χ3v) is 5.18. The van der Waals surface area contributed by atoms with Gasteiger partial charge in [0.1, 0.15) is 0 Å². The van der Waals surface area contributed by atoms with Gasteiger partial charge >= 0.3 is 5.97 Å². The molecule has 0 unspecified atom stereocenters. The lowest BCUT2D eigenvalue weighted by Crippen LogP contribution is -2.09. The van der Waals surface area contributed by atoms with Crippen LogP contribution in [0.15, 0.2) is 65.7 Å². The Labute approximate surface area is 167 Å². The largest absolute Gasteiger partial charge is 0.481 e. The van der Waals surface area contributed by atoms with E-state index in [9.17, 15) is 14.7 Å². The summed E-state index contributed by atoms with van der Waals surface area (Å²) in [7, 11) is 0. The molecule has 5 heteroatoms. The van der Waals surface area contributed by atoms with Gasteiger partial charge < -0.3 is 10.1 Å². The number of aromatic amines is 1. The van der Waals surface area contributed by atoms with E-state index in [0.29, 0.717) is 16.8 Å². The minimum absolute atomic E-state index is 0.214. The molecule has 1 aliphatic carbocycles. The number of rotatable bonds is 5. The van der Waals surface area contributed by atoms with Crippen molar-refractivity contribution in [3.63, 3.8) is 0 Å². The highest BCUT2D eigenvalue weighted by atomic mass is 35.5. The molecule has 2 aromatic carbocycles. The van der Waals surface area contributed by atoms with Crippen LogP contribution in [0.1, 0.15) is 40.0 Å². The van der Waals surface area contributed by atoms with Gasteiger partial charge in [-0.2, -0.15) is 0 Å². The lowest BCUT2D eigenvalue weighted by Gasteiger charge is -2.11. The van der Waals surface area contributed by atoms with E-state index in [1.165, 1.54) is 0 Å². The molecule has 1 heterocycles. The first kappa shape index (κ1) is 18.3. The number of allylic oxidation sites excluding steroid dienone is 4. The van der Waals surface area contributed by atoms with E-state index in [-0.39, 0.29) is 12.2 Å². The number of nitrogens with one attached hydrogen (secondary N) is 1. The molecule has 0 radical (unpaired) electrons. The minimum atomic E-state index is -0.973. The predicted molar refractivity (Wildman–Crippen MR) is 111 cm³/mol. The Hall–Kier alpha value is -3.11. The Balaban J connectivity index is 1.77. The molecule has 140 valence electrons. The van der Waals surface area contributed by atoms with E-state index >= 15 is 0 Å². The number of hydrogen-bond donors (Lipinski definition) is 2. The third-order valence-electron chi connectivity index (χ3n) is 4.89. The third kappa shape index (κ3) is 3.51. The fourth-order valence-electron chi connectivity index (χ4n) is 3.58. The average molecular weight is 392 g/mol. The second-order valence-corrected chi connectivity index (χ2v) is 7.28. The lowest BCUT2D eigenvalue weighted by molar-refractivity contribution is -0.136. The van der Waals surface area contributed by atoms with Gasteiger partial charge in [0.2, 0.25) is 5.78 Å². The SMILES string of the molecule is O=C(O)Cc1c(C(=O)c2cccc(C3=CCCC(Cl)=C3)c2)[nH]c2ccccc12. The van der Waals surface area contributed by atoms with Crippen molar-refractivity contribution < 1.29 is 14.7 Å². The summed E-state index contributed by atoms with van der Waals surface area (Å²) in [4.78, 5) is 27.7. The fourth-order valence-corrected chi connectivity index (χ4v) is 3.81. The first-order valence-electron chi connectivity index (χ1n) is 9.05. The zero-order valence-electron chi connectivity index (χ0n) is 15.0. The standard InChI is InChI=1S/C23H18ClNO3/c24-17-8-4-6-15(12-17)14-5-3-7-16(11-14)23(28)22-19(13-21(26)27)18-9-1-2-10-20(18)25-22/h1-3,5-7,9-12,25H,4,8,13H2,(H,26,27). The summed E-state index contributed by atoms with van der Waals surface area (Å²) in [6, 6.07) is 14.7. The number of hydrogen-bond acceptors (Lipinski definition) is 2. The number of aliphatic carboxylic acids is 1. The first-order chi connectivity index (χ1) is 13.5. The quantitative estimate of drug-likeness (QED) is 0.578. The monoisotopic (exact) mass is 391 g/mol. The molecule has 1 aromatic heterocycles. The molecule has 0 bridgehead atoms.